The van der Waals surface area contributed by atoms with E-state index < -0.39 is 5.97 Å². The smallest absolute Gasteiger partial charge is 0.306 e. The lowest BCUT2D eigenvalue weighted by molar-refractivity contribution is -0.150. The summed E-state index contributed by atoms with van der Waals surface area (Å²) in [4.78, 5) is 23.0. The summed E-state index contributed by atoms with van der Waals surface area (Å²) in [7, 11) is 0. The molecule has 0 saturated carbocycles. The molecule has 0 aromatic heterocycles. The Kier molecular flexibility index (Phi) is 24.7. The van der Waals surface area contributed by atoms with E-state index in [9.17, 15) is 9.59 Å². The van der Waals surface area contributed by atoms with Crippen LogP contribution in [0, 0.1) is 0 Å². The Hall–Kier alpha value is -1.06. The van der Waals surface area contributed by atoms with Gasteiger partial charge in [0.2, 0.25) is 0 Å². The van der Waals surface area contributed by atoms with Crippen molar-refractivity contribution < 1.29 is 19.4 Å². The minimum Gasteiger partial charge on any atom is -0.481 e. The Labute approximate surface area is 205 Å². The van der Waals surface area contributed by atoms with Gasteiger partial charge < -0.3 is 9.84 Å². The van der Waals surface area contributed by atoms with E-state index in [4.69, 9.17) is 9.84 Å². The lowest BCUT2D eigenvalue weighted by Gasteiger charge is -2.18. The molecule has 0 aliphatic carbocycles. The highest BCUT2D eigenvalue weighted by atomic mass is 16.5. The number of carboxylic acids is 1. The molecule has 196 valence electrons. The first-order valence-corrected chi connectivity index (χ1v) is 14.5. The summed E-state index contributed by atoms with van der Waals surface area (Å²) in [6.45, 7) is 4.49. The number of carbonyl (C=O) groups excluding carboxylic acids is 1. The van der Waals surface area contributed by atoms with Crippen molar-refractivity contribution in [1.29, 1.82) is 0 Å². The summed E-state index contributed by atoms with van der Waals surface area (Å²) < 4.78 is 5.84. The van der Waals surface area contributed by atoms with Gasteiger partial charge in [0, 0.05) is 12.8 Å². The Balaban J connectivity index is 3.92. The van der Waals surface area contributed by atoms with Crippen LogP contribution in [0.5, 0.6) is 0 Å². The number of aliphatic carboxylic acids is 1. The lowest BCUT2D eigenvalue weighted by atomic mass is 10.0. The second kappa shape index (κ2) is 25.6. The predicted molar refractivity (Wildman–Crippen MR) is 140 cm³/mol. The quantitative estimate of drug-likeness (QED) is 0.101. The van der Waals surface area contributed by atoms with Crippen molar-refractivity contribution in [2.75, 3.05) is 0 Å². The van der Waals surface area contributed by atoms with Crippen LogP contribution in [-0.4, -0.2) is 23.1 Å². The average Bonchev–Trinajstić information content (AvgIpc) is 2.79. The molecule has 1 unspecified atom stereocenters. The first-order chi connectivity index (χ1) is 16.1. The third-order valence-corrected chi connectivity index (χ3v) is 6.58. The first kappa shape index (κ1) is 31.9. The van der Waals surface area contributed by atoms with Crippen molar-refractivity contribution >= 4 is 11.9 Å². The normalized spacial score (nSPS) is 12.1. The zero-order valence-corrected chi connectivity index (χ0v) is 22.2. The molecule has 0 saturated heterocycles. The Morgan fingerprint density at radius 1 is 0.545 bits per heavy atom. The number of unbranched alkanes of at least 4 members (excludes halogenated alkanes) is 17. The van der Waals surface area contributed by atoms with E-state index in [0.717, 1.165) is 44.9 Å². The largest absolute Gasteiger partial charge is 0.481 e. The highest BCUT2D eigenvalue weighted by Gasteiger charge is 2.14. The van der Waals surface area contributed by atoms with Crippen molar-refractivity contribution in [1.82, 2.24) is 0 Å². The SMILES string of the molecule is CCCCCCCCCCCCCC(=O)OC(CCCCCCCC)CCCCCC(=O)O. The van der Waals surface area contributed by atoms with Gasteiger partial charge in [-0.1, -0.05) is 117 Å². The molecule has 0 aromatic rings. The maximum absolute atomic E-state index is 12.4. The number of rotatable bonds is 26. The zero-order valence-electron chi connectivity index (χ0n) is 22.2. The van der Waals surface area contributed by atoms with E-state index >= 15 is 0 Å². The number of hydrogen-bond donors (Lipinski definition) is 1. The summed E-state index contributed by atoms with van der Waals surface area (Å²) in [6.07, 6.45) is 26.8. The predicted octanol–water partition coefficient (Wildman–Crippen LogP) is 9.39. The summed E-state index contributed by atoms with van der Waals surface area (Å²) in [5.74, 6) is -0.760. The van der Waals surface area contributed by atoms with Gasteiger partial charge in [-0.2, -0.15) is 0 Å². The van der Waals surface area contributed by atoms with Crippen LogP contribution in [0.1, 0.15) is 168 Å². The molecule has 0 aliphatic heterocycles. The summed E-state index contributed by atoms with van der Waals surface area (Å²) in [6, 6.07) is 0. The molecule has 0 spiro atoms. The highest BCUT2D eigenvalue weighted by Crippen LogP contribution is 2.18. The van der Waals surface area contributed by atoms with Gasteiger partial charge in [-0.05, 0) is 38.5 Å². The van der Waals surface area contributed by atoms with Gasteiger partial charge in [0.1, 0.15) is 6.10 Å². The third kappa shape index (κ3) is 25.4. The molecule has 0 fully saturated rings. The maximum Gasteiger partial charge on any atom is 0.306 e. The van der Waals surface area contributed by atoms with E-state index in [0.29, 0.717) is 12.8 Å². The van der Waals surface area contributed by atoms with Crippen LogP contribution in [0.4, 0.5) is 0 Å². The monoisotopic (exact) mass is 468 g/mol. The second-order valence-corrected chi connectivity index (χ2v) is 9.95. The van der Waals surface area contributed by atoms with Crippen LogP contribution < -0.4 is 0 Å². The minimum absolute atomic E-state index is 0.0150. The van der Waals surface area contributed by atoms with Crippen molar-refractivity contribution in [3.05, 3.63) is 0 Å². The van der Waals surface area contributed by atoms with Gasteiger partial charge in [-0.3, -0.25) is 9.59 Å². The molecule has 0 aromatic carbocycles. The molecule has 0 rings (SSSR count). The molecule has 0 heterocycles. The lowest BCUT2D eigenvalue weighted by Crippen LogP contribution is -2.18. The zero-order chi connectivity index (χ0) is 24.4. The molecule has 33 heavy (non-hydrogen) atoms. The van der Waals surface area contributed by atoms with Crippen molar-refractivity contribution in [2.45, 2.75) is 174 Å². The number of ether oxygens (including phenoxy) is 1. The molecular formula is C29H56O4. The van der Waals surface area contributed by atoms with Gasteiger partial charge in [-0.25, -0.2) is 0 Å². The van der Waals surface area contributed by atoms with E-state index in [2.05, 4.69) is 13.8 Å². The summed E-state index contributed by atoms with van der Waals surface area (Å²) in [5, 5.41) is 8.78. The molecule has 0 aliphatic rings. The van der Waals surface area contributed by atoms with Crippen LogP contribution in [0.25, 0.3) is 0 Å². The molecule has 1 atom stereocenters. The fourth-order valence-corrected chi connectivity index (χ4v) is 4.42. The van der Waals surface area contributed by atoms with E-state index in [-0.39, 0.29) is 18.5 Å². The van der Waals surface area contributed by atoms with E-state index in [1.807, 2.05) is 0 Å². The van der Waals surface area contributed by atoms with Gasteiger partial charge in [0.15, 0.2) is 0 Å². The third-order valence-electron chi connectivity index (χ3n) is 6.58. The molecular weight excluding hydrogens is 412 g/mol. The minimum atomic E-state index is -0.725. The van der Waals surface area contributed by atoms with Gasteiger partial charge in [0.05, 0.1) is 0 Å². The standard InChI is InChI=1S/C29H56O4/c1-3-5-7-9-11-12-13-14-15-17-22-26-29(32)33-27(23-19-16-10-8-6-4-2)24-20-18-21-25-28(30)31/h27H,3-26H2,1-2H3,(H,30,31). The topological polar surface area (TPSA) is 63.6 Å². The molecule has 4 heteroatoms. The van der Waals surface area contributed by atoms with E-state index in [1.165, 1.54) is 89.9 Å². The highest BCUT2D eigenvalue weighted by molar-refractivity contribution is 5.69. The van der Waals surface area contributed by atoms with Crippen LogP contribution in [0.2, 0.25) is 0 Å². The Morgan fingerprint density at radius 2 is 0.909 bits per heavy atom. The first-order valence-electron chi connectivity index (χ1n) is 14.5. The van der Waals surface area contributed by atoms with Crippen LogP contribution in [0.3, 0.4) is 0 Å². The average molecular weight is 469 g/mol. The Bertz CT molecular complexity index is 435. The van der Waals surface area contributed by atoms with Gasteiger partial charge in [0.25, 0.3) is 0 Å². The van der Waals surface area contributed by atoms with Gasteiger partial charge in [-0.15, -0.1) is 0 Å². The van der Waals surface area contributed by atoms with Crippen molar-refractivity contribution in [2.24, 2.45) is 0 Å². The van der Waals surface area contributed by atoms with Gasteiger partial charge >= 0.3 is 11.9 Å². The molecule has 0 radical (unpaired) electrons. The second-order valence-electron chi connectivity index (χ2n) is 9.95. The number of esters is 1. The van der Waals surface area contributed by atoms with Crippen molar-refractivity contribution in [3.8, 4) is 0 Å². The molecule has 0 bridgehead atoms. The Morgan fingerprint density at radius 3 is 1.36 bits per heavy atom. The number of carbonyl (C=O) groups is 2. The fourth-order valence-electron chi connectivity index (χ4n) is 4.42. The van der Waals surface area contributed by atoms with Crippen LogP contribution in [0.15, 0.2) is 0 Å². The maximum atomic E-state index is 12.4. The fraction of sp³-hybridized carbons (Fsp3) is 0.931. The molecule has 4 nitrogen and oxygen atoms in total. The van der Waals surface area contributed by atoms with Crippen molar-refractivity contribution in [3.63, 3.8) is 0 Å². The number of carboxylic acid groups (broad SMARTS) is 1. The molecule has 0 amide bonds. The summed E-state index contributed by atoms with van der Waals surface area (Å²) >= 11 is 0. The summed E-state index contributed by atoms with van der Waals surface area (Å²) in [5.41, 5.74) is 0. The molecule has 1 N–H and O–H groups in total. The van der Waals surface area contributed by atoms with E-state index in [1.54, 1.807) is 0 Å². The van der Waals surface area contributed by atoms with Crippen LogP contribution >= 0.6 is 0 Å². The van der Waals surface area contributed by atoms with Crippen LogP contribution in [-0.2, 0) is 14.3 Å². The number of hydrogen-bond acceptors (Lipinski definition) is 3.